The molecule has 0 saturated carbocycles. The van der Waals surface area contributed by atoms with Gasteiger partial charge in [-0.3, -0.25) is 4.72 Å². The largest absolute Gasteiger partial charge is 0.506 e. The Labute approximate surface area is 115 Å². The van der Waals surface area contributed by atoms with E-state index in [1.165, 1.54) is 12.1 Å². The van der Waals surface area contributed by atoms with Crippen LogP contribution >= 0.6 is 0 Å². The zero-order valence-corrected chi connectivity index (χ0v) is 11.7. The molecule has 0 atom stereocenters. The number of nitrogens with one attached hydrogen (secondary N) is 1. The van der Waals surface area contributed by atoms with Crippen LogP contribution in [0, 0.1) is 0 Å². The van der Waals surface area contributed by atoms with Gasteiger partial charge in [0.15, 0.2) is 0 Å². The lowest BCUT2D eigenvalue weighted by atomic mass is 10.1. The number of hydrogen-bond acceptors (Lipinski definition) is 3. The van der Waals surface area contributed by atoms with E-state index in [4.69, 9.17) is 0 Å². The molecule has 0 amide bonds. The average Bonchev–Trinajstić information content (AvgIpc) is 2.29. The van der Waals surface area contributed by atoms with Crippen molar-refractivity contribution >= 4 is 15.7 Å². The van der Waals surface area contributed by atoms with Crippen LogP contribution in [0.5, 0.6) is 5.75 Å². The van der Waals surface area contributed by atoms with Gasteiger partial charge < -0.3 is 5.11 Å². The van der Waals surface area contributed by atoms with Gasteiger partial charge in [-0.05, 0) is 30.5 Å². The summed E-state index contributed by atoms with van der Waals surface area (Å²) >= 11 is 0. The first-order valence-electron chi connectivity index (χ1n) is 6.02. The molecule has 1 rings (SSSR count). The van der Waals surface area contributed by atoms with Crippen molar-refractivity contribution in [1.82, 2.24) is 0 Å². The maximum atomic E-state index is 12.0. The smallest absolute Gasteiger partial charge is 0.389 e. The van der Waals surface area contributed by atoms with E-state index in [1.54, 1.807) is 6.07 Å². The second-order valence-corrected chi connectivity index (χ2v) is 6.19. The van der Waals surface area contributed by atoms with E-state index < -0.39 is 34.8 Å². The monoisotopic (exact) mass is 311 g/mol. The Kier molecular flexibility index (Phi) is 5.27. The second-order valence-electron chi connectivity index (χ2n) is 4.34. The third kappa shape index (κ3) is 5.68. The van der Waals surface area contributed by atoms with Crippen LogP contribution in [0.3, 0.4) is 0 Å². The Balaban J connectivity index is 2.71. The van der Waals surface area contributed by atoms with Crippen LogP contribution in [0.2, 0.25) is 0 Å². The summed E-state index contributed by atoms with van der Waals surface area (Å²) in [6.07, 6.45) is -5.41. The van der Waals surface area contributed by atoms with Crippen molar-refractivity contribution in [2.75, 3.05) is 10.5 Å². The van der Waals surface area contributed by atoms with Gasteiger partial charge >= 0.3 is 6.18 Å². The zero-order valence-electron chi connectivity index (χ0n) is 10.9. The normalized spacial score (nSPS) is 12.4. The molecule has 20 heavy (non-hydrogen) atoms. The lowest BCUT2D eigenvalue weighted by molar-refractivity contribution is -0.134. The Hall–Kier alpha value is -1.44. The first kappa shape index (κ1) is 16.6. The molecular formula is C12H16F3NO3S. The summed E-state index contributed by atoms with van der Waals surface area (Å²) in [7, 11) is -3.91. The number of hydrogen-bond donors (Lipinski definition) is 2. The molecule has 0 aliphatic heterocycles. The Morgan fingerprint density at radius 3 is 2.50 bits per heavy atom. The number of phenolic OH excluding ortho intramolecular Hbond substituents is 1. The Morgan fingerprint density at radius 1 is 1.30 bits per heavy atom. The number of aryl methyl sites for hydroxylation is 1. The van der Waals surface area contributed by atoms with Crippen molar-refractivity contribution < 1.29 is 26.7 Å². The number of halogens is 3. The molecule has 0 aromatic heterocycles. The Morgan fingerprint density at radius 2 is 1.95 bits per heavy atom. The molecule has 0 unspecified atom stereocenters. The molecule has 2 N–H and O–H groups in total. The standard InChI is InChI=1S/C12H16F3NO3S/c1-2-9-4-5-11(17)10(8-9)16-20(18,19)7-3-6-12(13,14)15/h4-5,8,16-17H,2-3,6-7H2,1H3. The second kappa shape index (κ2) is 6.34. The van der Waals surface area contributed by atoms with Gasteiger partial charge in [0.1, 0.15) is 5.75 Å². The van der Waals surface area contributed by atoms with Gasteiger partial charge in [-0.25, -0.2) is 8.42 Å². The molecule has 1 aromatic carbocycles. The van der Waals surface area contributed by atoms with Crippen LogP contribution in [0.4, 0.5) is 18.9 Å². The number of benzene rings is 1. The number of phenols is 1. The van der Waals surface area contributed by atoms with E-state index in [9.17, 15) is 26.7 Å². The number of alkyl halides is 3. The van der Waals surface area contributed by atoms with Gasteiger partial charge in [0.2, 0.25) is 10.0 Å². The quantitative estimate of drug-likeness (QED) is 0.794. The van der Waals surface area contributed by atoms with Gasteiger partial charge in [0.05, 0.1) is 11.4 Å². The van der Waals surface area contributed by atoms with E-state index in [1.807, 2.05) is 6.92 Å². The number of anilines is 1. The molecule has 0 spiro atoms. The maximum Gasteiger partial charge on any atom is 0.389 e. The molecule has 0 heterocycles. The predicted octanol–water partition coefficient (Wildman–Crippen LogP) is 3.04. The summed E-state index contributed by atoms with van der Waals surface area (Å²) in [5, 5.41) is 9.54. The third-order valence-corrected chi connectivity index (χ3v) is 3.97. The van der Waals surface area contributed by atoms with Gasteiger partial charge in [0.25, 0.3) is 0 Å². The summed E-state index contributed by atoms with van der Waals surface area (Å²) in [6, 6.07) is 4.43. The Bertz CT molecular complexity index is 556. The fourth-order valence-electron chi connectivity index (χ4n) is 1.57. The van der Waals surface area contributed by atoms with Gasteiger partial charge in [0, 0.05) is 6.42 Å². The van der Waals surface area contributed by atoms with Crippen LogP contribution in [-0.4, -0.2) is 25.5 Å². The molecule has 0 aliphatic carbocycles. The summed E-state index contributed by atoms with van der Waals surface area (Å²) in [5.74, 6) is -0.913. The molecule has 0 saturated heterocycles. The van der Waals surface area contributed by atoms with Crippen LogP contribution in [0.15, 0.2) is 18.2 Å². The van der Waals surface area contributed by atoms with Crippen molar-refractivity contribution in [3.8, 4) is 5.75 Å². The van der Waals surface area contributed by atoms with Gasteiger partial charge in [-0.15, -0.1) is 0 Å². The van der Waals surface area contributed by atoms with E-state index in [2.05, 4.69) is 4.72 Å². The van der Waals surface area contributed by atoms with Gasteiger partial charge in [-0.1, -0.05) is 13.0 Å². The average molecular weight is 311 g/mol. The van der Waals surface area contributed by atoms with E-state index in [-0.39, 0.29) is 11.4 Å². The van der Waals surface area contributed by atoms with Crippen LogP contribution in [-0.2, 0) is 16.4 Å². The zero-order chi connectivity index (χ0) is 15.4. The van der Waals surface area contributed by atoms with Crippen molar-refractivity contribution in [2.45, 2.75) is 32.4 Å². The molecule has 8 heteroatoms. The minimum absolute atomic E-state index is 0.0173. The first-order chi connectivity index (χ1) is 9.13. The lowest BCUT2D eigenvalue weighted by Gasteiger charge is -2.11. The summed E-state index contributed by atoms with van der Waals surface area (Å²) in [6.45, 7) is 1.86. The molecule has 0 bridgehead atoms. The van der Waals surface area contributed by atoms with E-state index >= 15 is 0 Å². The molecule has 0 radical (unpaired) electrons. The predicted molar refractivity (Wildman–Crippen MR) is 70.2 cm³/mol. The highest BCUT2D eigenvalue weighted by Gasteiger charge is 2.27. The van der Waals surface area contributed by atoms with E-state index in [0.29, 0.717) is 6.42 Å². The third-order valence-electron chi connectivity index (χ3n) is 2.61. The molecule has 0 fully saturated rings. The highest BCUT2D eigenvalue weighted by Crippen LogP contribution is 2.26. The fraction of sp³-hybridized carbons (Fsp3) is 0.500. The van der Waals surface area contributed by atoms with Crippen LogP contribution < -0.4 is 4.72 Å². The van der Waals surface area contributed by atoms with E-state index in [0.717, 1.165) is 5.56 Å². The number of rotatable bonds is 6. The van der Waals surface area contributed by atoms with Crippen molar-refractivity contribution in [3.05, 3.63) is 23.8 Å². The molecule has 114 valence electrons. The minimum atomic E-state index is -4.38. The molecule has 0 aliphatic rings. The van der Waals surface area contributed by atoms with Crippen molar-refractivity contribution in [3.63, 3.8) is 0 Å². The maximum absolute atomic E-state index is 12.0. The van der Waals surface area contributed by atoms with Crippen LogP contribution in [0.1, 0.15) is 25.3 Å². The number of aromatic hydroxyl groups is 1. The van der Waals surface area contributed by atoms with Crippen molar-refractivity contribution in [1.29, 1.82) is 0 Å². The highest BCUT2D eigenvalue weighted by atomic mass is 32.2. The lowest BCUT2D eigenvalue weighted by Crippen LogP contribution is -2.19. The molecule has 1 aromatic rings. The van der Waals surface area contributed by atoms with Gasteiger partial charge in [-0.2, -0.15) is 13.2 Å². The molecule has 4 nitrogen and oxygen atoms in total. The molecular weight excluding hydrogens is 295 g/mol. The first-order valence-corrected chi connectivity index (χ1v) is 7.67. The summed E-state index contributed by atoms with van der Waals surface area (Å²) < 4.78 is 61.3. The van der Waals surface area contributed by atoms with Crippen LogP contribution in [0.25, 0.3) is 0 Å². The summed E-state index contributed by atoms with van der Waals surface area (Å²) in [5.41, 5.74) is 0.784. The summed E-state index contributed by atoms with van der Waals surface area (Å²) in [4.78, 5) is 0. The van der Waals surface area contributed by atoms with Crippen molar-refractivity contribution in [2.24, 2.45) is 0 Å². The highest BCUT2D eigenvalue weighted by molar-refractivity contribution is 7.92. The fourth-order valence-corrected chi connectivity index (χ4v) is 2.69. The SMILES string of the molecule is CCc1ccc(O)c(NS(=O)(=O)CCCC(F)(F)F)c1. The topological polar surface area (TPSA) is 66.4 Å². The number of sulfonamides is 1. The minimum Gasteiger partial charge on any atom is -0.506 e.